The molecule has 0 saturated carbocycles. The van der Waals surface area contributed by atoms with Crippen LogP contribution in [0.3, 0.4) is 0 Å². The second-order valence-electron chi connectivity index (χ2n) is 6.61. The Morgan fingerprint density at radius 2 is 1.87 bits per heavy atom. The van der Waals surface area contributed by atoms with Crippen molar-refractivity contribution in [3.8, 4) is 17.0 Å². The summed E-state index contributed by atoms with van der Waals surface area (Å²) in [6.07, 6.45) is 0.644. The normalized spacial score (nSPS) is 11.2. The number of aromatic amines is 1. The number of rotatable bonds is 6. The molecular weight excluding hydrogens is 380 g/mol. The van der Waals surface area contributed by atoms with Gasteiger partial charge in [-0.2, -0.15) is 0 Å². The van der Waals surface area contributed by atoms with E-state index < -0.39 is 0 Å². The van der Waals surface area contributed by atoms with E-state index in [0.29, 0.717) is 12.1 Å². The number of pyridine rings is 1. The highest BCUT2D eigenvalue weighted by Gasteiger charge is 2.15. The average molecular weight is 409 g/mol. The van der Waals surface area contributed by atoms with Crippen molar-refractivity contribution in [3.63, 3.8) is 0 Å². The molecule has 4 rings (SSSR count). The predicted molar refractivity (Wildman–Crippen MR) is 123 cm³/mol. The minimum absolute atomic E-state index is 0. The van der Waals surface area contributed by atoms with E-state index in [1.165, 1.54) is 12.7 Å². The van der Waals surface area contributed by atoms with Crippen molar-refractivity contribution >= 4 is 16.7 Å². The van der Waals surface area contributed by atoms with Crippen LogP contribution in [0.5, 0.6) is 5.75 Å². The molecule has 0 fully saturated rings. The number of amidine groups is 1. The first-order valence-electron chi connectivity index (χ1n) is 9.26. The van der Waals surface area contributed by atoms with Crippen molar-refractivity contribution in [1.82, 2.24) is 9.97 Å². The molecule has 7 nitrogen and oxygen atoms in total. The van der Waals surface area contributed by atoms with Gasteiger partial charge < -0.3 is 25.8 Å². The number of aromatic nitrogens is 2. The van der Waals surface area contributed by atoms with Crippen LogP contribution in [0, 0.1) is 0 Å². The number of oxime groups is 1. The fourth-order valence-corrected chi connectivity index (χ4v) is 3.44. The summed E-state index contributed by atoms with van der Waals surface area (Å²) >= 11 is 0. The molecule has 30 heavy (non-hydrogen) atoms. The summed E-state index contributed by atoms with van der Waals surface area (Å²) in [7, 11) is 3.13. The Labute approximate surface area is 177 Å². The van der Waals surface area contributed by atoms with Gasteiger partial charge >= 0.3 is 0 Å². The van der Waals surface area contributed by atoms with Crippen LogP contribution in [-0.2, 0) is 11.3 Å². The van der Waals surface area contributed by atoms with E-state index in [9.17, 15) is 0 Å². The summed E-state index contributed by atoms with van der Waals surface area (Å²) < 4.78 is 5.39. The molecule has 0 spiro atoms. The van der Waals surface area contributed by atoms with E-state index in [0.717, 1.165) is 33.6 Å². The van der Waals surface area contributed by atoms with Gasteiger partial charge in [-0.3, -0.25) is 0 Å². The lowest BCUT2D eigenvalue weighted by molar-refractivity contribution is 0.213. The van der Waals surface area contributed by atoms with Crippen molar-refractivity contribution in [2.45, 2.75) is 6.42 Å². The van der Waals surface area contributed by atoms with Gasteiger partial charge in [0.25, 0.3) is 0 Å². The maximum atomic E-state index is 5.93. The SMILES string of the molecule is CO/N=C(\N)c1cccc(Cc2c(-c3ccccc3)[nH]c3cc(OC)ccc23)n1.O.[HH].[HH]. The number of benzene rings is 2. The molecule has 158 valence electrons. The maximum absolute atomic E-state index is 5.93. The topological polar surface area (TPSA) is 117 Å². The zero-order chi connectivity index (χ0) is 20.2. The maximum Gasteiger partial charge on any atom is 0.188 e. The first kappa shape index (κ1) is 20.9. The zero-order valence-corrected chi connectivity index (χ0v) is 16.8. The molecule has 4 aromatic rings. The second-order valence-corrected chi connectivity index (χ2v) is 6.61. The first-order chi connectivity index (χ1) is 14.2. The number of hydrogen-bond donors (Lipinski definition) is 2. The summed E-state index contributed by atoms with van der Waals surface area (Å²) in [5.74, 6) is 1.06. The third-order valence-electron chi connectivity index (χ3n) is 4.79. The molecule has 0 aliphatic rings. The average Bonchev–Trinajstić information content (AvgIpc) is 3.12. The van der Waals surface area contributed by atoms with E-state index >= 15 is 0 Å². The van der Waals surface area contributed by atoms with Crippen LogP contribution in [0.1, 0.15) is 19.8 Å². The highest BCUT2D eigenvalue weighted by molar-refractivity contribution is 5.95. The van der Waals surface area contributed by atoms with E-state index in [1.807, 2.05) is 48.5 Å². The Balaban J connectivity index is 0.00000171. The van der Waals surface area contributed by atoms with Crippen molar-refractivity contribution < 1.29 is 17.9 Å². The molecule has 2 aromatic carbocycles. The van der Waals surface area contributed by atoms with Crippen LogP contribution in [0.4, 0.5) is 0 Å². The summed E-state index contributed by atoms with van der Waals surface area (Å²) in [5, 5.41) is 4.91. The molecule has 7 heteroatoms. The lowest BCUT2D eigenvalue weighted by atomic mass is 10.0. The molecule has 0 amide bonds. The number of nitrogens with two attached hydrogens (primary N) is 1. The largest absolute Gasteiger partial charge is 0.497 e. The third-order valence-corrected chi connectivity index (χ3v) is 4.79. The van der Waals surface area contributed by atoms with Gasteiger partial charge in [0.15, 0.2) is 5.84 Å². The molecule has 0 saturated heterocycles. The molecule has 0 aliphatic heterocycles. The Morgan fingerprint density at radius 3 is 2.60 bits per heavy atom. The summed E-state index contributed by atoms with van der Waals surface area (Å²) in [6, 6.07) is 22.1. The van der Waals surface area contributed by atoms with Gasteiger partial charge in [0.2, 0.25) is 0 Å². The number of methoxy groups -OCH3 is 1. The summed E-state index contributed by atoms with van der Waals surface area (Å²) in [6.45, 7) is 0. The highest BCUT2D eigenvalue weighted by Crippen LogP contribution is 2.33. The van der Waals surface area contributed by atoms with E-state index in [1.54, 1.807) is 7.11 Å². The van der Waals surface area contributed by atoms with Crippen LogP contribution in [0.15, 0.2) is 71.9 Å². The molecule has 0 bridgehead atoms. The number of H-pyrrole nitrogens is 1. The monoisotopic (exact) mass is 408 g/mol. The molecular formula is C23H28N4O3. The number of ether oxygens (including phenoxy) is 1. The fraction of sp³-hybridized carbons (Fsp3) is 0.130. The lowest BCUT2D eigenvalue weighted by Crippen LogP contribution is -2.16. The molecule has 0 unspecified atom stereocenters. The van der Waals surface area contributed by atoms with Gasteiger partial charge in [-0.25, -0.2) is 4.98 Å². The number of hydrogen-bond acceptors (Lipinski definition) is 4. The van der Waals surface area contributed by atoms with Gasteiger partial charge in [-0.05, 0) is 35.4 Å². The van der Waals surface area contributed by atoms with Crippen molar-refractivity contribution in [2.75, 3.05) is 14.2 Å². The van der Waals surface area contributed by atoms with Crippen molar-refractivity contribution in [2.24, 2.45) is 10.9 Å². The Hall–Kier alpha value is -3.84. The van der Waals surface area contributed by atoms with Gasteiger partial charge in [0, 0.05) is 31.9 Å². The number of nitrogens with zero attached hydrogens (tertiary/aromatic N) is 2. The Kier molecular flexibility index (Phi) is 6.34. The predicted octanol–water partition coefficient (Wildman–Crippen LogP) is 3.76. The van der Waals surface area contributed by atoms with E-state index in [4.69, 9.17) is 15.3 Å². The van der Waals surface area contributed by atoms with Gasteiger partial charge in [0.1, 0.15) is 18.6 Å². The fourth-order valence-electron chi connectivity index (χ4n) is 3.44. The summed E-state index contributed by atoms with van der Waals surface area (Å²) in [5.41, 5.74) is 11.8. The standard InChI is InChI=1S/C23H22N4O2.H2O.2H2/c1-28-17-11-12-18-19(13-16-9-6-10-20(25-16)23(24)27-29-2)22(26-21(18)14-17)15-7-4-3-5-8-15;;;/h3-12,14,26H,13H2,1-2H3,(H2,24,27);1H2;2*1H. The molecule has 0 radical (unpaired) electrons. The first-order valence-corrected chi connectivity index (χ1v) is 9.26. The van der Waals surface area contributed by atoms with Gasteiger partial charge in [-0.1, -0.05) is 41.6 Å². The molecule has 5 N–H and O–H groups in total. The number of fused-ring (bicyclic) bond motifs is 1. The van der Waals surface area contributed by atoms with Crippen LogP contribution < -0.4 is 10.5 Å². The van der Waals surface area contributed by atoms with Crippen LogP contribution in [-0.4, -0.2) is 35.5 Å². The quantitative estimate of drug-likeness (QED) is 0.287. The molecule has 0 atom stereocenters. The van der Waals surface area contributed by atoms with Gasteiger partial charge in [-0.15, -0.1) is 0 Å². The molecule has 2 aromatic heterocycles. The minimum Gasteiger partial charge on any atom is -0.497 e. The van der Waals surface area contributed by atoms with Crippen LogP contribution in [0.2, 0.25) is 0 Å². The van der Waals surface area contributed by atoms with Crippen LogP contribution in [0.25, 0.3) is 22.2 Å². The van der Waals surface area contributed by atoms with Crippen LogP contribution >= 0.6 is 0 Å². The minimum atomic E-state index is 0. The second kappa shape index (κ2) is 9.11. The van der Waals surface area contributed by atoms with Crippen molar-refractivity contribution in [3.05, 3.63) is 83.7 Å². The lowest BCUT2D eigenvalue weighted by Gasteiger charge is -2.07. The molecule has 2 heterocycles. The third kappa shape index (κ3) is 4.11. The Morgan fingerprint density at radius 1 is 1.07 bits per heavy atom. The zero-order valence-electron chi connectivity index (χ0n) is 16.8. The number of nitrogens with one attached hydrogen (secondary N) is 1. The van der Waals surface area contributed by atoms with Crippen molar-refractivity contribution in [1.29, 1.82) is 0 Å². The Bertz CT molecular complexity index is 1180. The summed E-state index contributed by atoms with van der Waals surface area (Å²) in [4.78, 5) is 13.0. The van der Waals surface area contributed by atoms with E-state index in [-0.39, 0.29) is 14.2 Å². The highest BCUT2D eigenvalue weighted by atomic mass is 16.6. The van der Waals surface area contributed by atoms with Gasteiger partial charge in [0.05, 0.1) is 12.8 Å². The van der Waals surface area contributed by atoms with E-state index in [2.05, 4.69) is 33.3 Å². The molecule has 0 aliphatic carbocycles. The smallest absolute Gasteiger partial charge is 0.188 e.